The molecule has 90 valence electrons. The fourth-order valence-electron chi connectivity index (χ4n) is 2.72. The average Bonchev–Trinajstić information content (AvgIpc) is 2.27. The van der Waals surface area contributed by atoms with Crippen LogP contribution in [0.15, 0.2) is 0 Å². The molecule has 2 heteroatoms. The lowest BCUT2D eigenvalue weighted by Crippen LogP contribution is -2.36. The highest BCUT2D eigenvalue weighted by atomic mass is 15.1. The molecule has 0 bridgehead atoms. The molecule has 15 heavy (non-hydrogen) atoms. The van der Waals surface area contributed by atoms with E-state index in [1.807, 2.05) is 0 Å². The van der Waals surface area contributed by atoms with Gasteiger partial charge in [0.2, 0.25) is 0 Å². The fraction of sp³-hybridized carbons (Fsp3) is 1.00. The van der Waals surface area contributed by atoms with E-state index < -0.39 is 0 Å². The predicted molar refractivity (Wildman–Crippen MR) is 67.0 cm³/mol. The molecule has 2 nitrogen and oxygen atoms in total. The van der Waals surface area contributed by atoms with E-state index in [0.717, 1.165) is 18.5 Å². The van der Waals surface area contributed by atoms with Crippen molar-refractivity contribution < 1.29 is 0 Å². The quantitative estimate of drug-likeness (QED) is 0.733. The lowest BCUT2D eigenvalue weighted by Gasteiger charge is -2.33. The van der Waals surface area contributed by atoms with Gasteiger partial charge >= 0.3 is 0 Å². The number of nitrogens with zero attached hydrogens (tertiary/aromatic N) is 1. The van der Waals surface area contributed by atoms with E-state index in [4.69, 9.17) is 5.73 Å². The standard InChI is InChI=1S/C13H28N2/c1-12(7-6-10-14)11-15(2)13-8-4-3-5-9-13/h12-13H,3-11,14H2,1-2H3. The van der Waals surface area contributed by atoms with Crippen molar-refractivity contribution in [1.82, 2.24) is 4.90 Å². The van der Waals surface area contributed by atoms with E-state index in [-0.39, 0.29) is 0 Å². The second-order valence-electron chi connectivity index (χ2n) is 5.27. The molecule has 1 aliphatic rings. The monoisotopic (exact) mass is 212 g/mol. The van der Waals surface area contributed by atoms with Crippen molar-refractivity contribution in [1.29, 1.82) is 0 Å². The van der Waals surface area contributed by atoms with Gasteiger partial charge in [0.05, 0.1) is 0 Å². The van der Waals surface area contributed by atoms with Crippen LogP contribution in [-0.4, -0.2) is 31.1 Å². The molecular weight excluding hydrogens is 184 g/mol. The summed E-state index contributed by atoms with van der Waals surface area (Å²) in [5, 5.41) is 0. The van der Waals surface area contributed by atoms with E-state index in [0.29, 0.717) is 0 Å². The van der Waals surface area contributed by atoms with Crippen molar-refractivity contribution in [3.05, 3.63) is 0 Å². The number of hydrogen-bond acceptors (Lipinski definition) is 2. The second kappa shape index (κ2) is 7.24. The lowest BCUT2D eigenvalue weighted by molar-refractivity contribution is 0.167. The van der Waals surface area contributed by atoms with Crippen molar-refractivity contribution in [2.75, 3.05) is 20.1 Å². The summed E-state index contributed by atoms with van der Waals surface area (Å²) in [5.74, 6) is 0.806. The van der Waals surface area contributed by atoms with Crippen molar-refractivity contribution >= 4 is 0 Å². The molecule has 0 saturated heterocycles. The zero-order valence-electron chi connectivity index (χ0n) is 10.5. The van der Waals surface area contributed by atoms with Crippen LogP contribution in [0.1, 0.15) is 51.9 Å². The van der Waals surface area contributed by atoms with Crippen LogP contribution in [0.25, 0.3) is 0 Å². The molecule has 0 aromatic carbocycles. The first kappa shape index (κ1) is 13.0. The van der Waals surface area contributed by atoms with Gasteiger partial charge in [-0.25, -0.2) is 0 Å². The van der Waals surface area contributed by atoms with Gasteiger partial charge in [0, 0.05) is 12.6 Å². The Morgan fingerprint density at radius 3 is 2.53 bits per heavy atom. The summed E-state index contributed by atoms with van der Waals surface area (Å²) in [6.45, 7) is 4.46. The van der Waals surface area contributed by atoms with Gasteiger partial charge in [0.1, 0.15) is 0 Å². The number of rotatable bonds is 6. The number of hydrogen-bond donors (Lipinski definition) is 1. The van der Waals surface area contributed by atoms with Gasteiger partial charge in [0.25, 0.3) is 0 Å². The van der Waals surface area contributed by atoms with Gasteiger partial charge in [0.15, 0.2) is 0 Å². The van der Waals surface area contributed by atoms with Crippen LogP contribution in [0, 0.1) is 5.92 Å². The van der Waals surface area contributed by atoms with Crippen molar-refractivity contribution in [2.45, 2.75) is 57.9 Å². The van der Waals surface area contributed by atoms with Gasteiger partial charge < -0.3 is 10.6 Å². The average molecular weight is 212 g/mol. The van der Waals surface area contributed by atoms with Crippen molar-refractivity contribution in [3.8, 4) is 0 Å². The summed E-state index contributed by atoms with van der Waals surface area (Å²) < 4.78 is 0. The summed E-state index contributed by atoms with van der Waals surface area (Å²) in [4.78, 5) is 2.58. The maximum atomic E-state index is 5.54. The van der Waals surface area contributed by atoms with E-state index in [2.05, 4.69) is 18.9 Å². The highest BCUT2D eigenvalue weighted by Gasteiger charge is 2.18. The molecular formula is C13H28N2. The minimum Gasteiger partial charge on any atom is -0.330 e. The Kier molecular flexibility index (Phi) is 6.26. The van der Waals surface area contributed by atoms with Gasteiger partial charge in [-0.3, -0.25) is 0 Å². The molecule has 0 aliphatic heterocycles. The maximum Gasteiger partial charge on any atom is 0.00923 e. The van der Waals surface area contributed by atoms with Crippen LogP contribution >= 0.6 is 0 Å². The minimum atomic E-state index is 0.806. The lowest BCUT2D eigenvalue weighted by atomic mass is 9.93. The summed E-state index contributed by atoms with van der Waals surface area (Å²) in [6.07, 6.45) is 9.62. The molecule has 0 aromatic rings. The molecule has 0 radical (unpaired) electrons. The Labute approximate surface area is 95.2 Å². The molecule has 1 unspecified atom stereocenters. The third-order valence-electron chi connectivity index (χ3n) is 3.70. The van der Waals surface area contributed by atoms with Crippen LogP contribution in [0.5, 0.6) is 0 Å². The maximum absolute atomic E-state index is 5.54. The van der Waals surface area contributed by atoms with Crippen LogP contribution in [0.2, 0.25) is 0 Å². The Morgan fingerprint density at radius 2 is 1.93 bits per heavy atom. The first-order valence-corrected chi connectivity index (χ1v) is 6.64. The normalized spacial score (nSPS) is 20.8. The Hall–Kier alpha value is -0.0800. The summed E-state index contributed by atoms with van der Waals surface area (Å²) >= 11 is 0. The molecule has 1 aliphatic carbocycles. The van der Waals surface area contributed by atoms with Gasteiger partial charge in [-0.1, -0.05) is 26.2 Å². The second-order valence-corrected chi connectivity index (χ2v) is 5.27. The van der Waals surface area contributed by atoms with Crippen molar-refractivity contribution in [2.24, 2.45) is 11.7 Å². The molecule has 0 heterocycles. The topological polar surface area (TPSA) is 29.3 Å². The van der Waals surface area contributed by atoms with Gasteiger partial charge in [-0.15, -0.1) is 0 Å². The highest BCUT2D eigenvalue weighted by Crippen LogP contribution is 2.22. The molecule has 2 N–H and O–H groups in total. The largest absolute Gasteiger partial charge is 0.330 e. The van der Waals surface area contributed by atoms with E-state index >= 15 is 0 Å². The van der Waals surface area contributed by atoms with Gasteiger partial charge in [-0.05, 0) is 45.2 Å². The molecule has 0 aromatic heterocycles. The molecule has 0 spiro atoms. The van der Waals surface area contributed by atoms with Crippen molar-refractivity contribution in [3.63, 3.8) is 0 Å². The Bertz CT molecular complexity index is 153. The first-order chi connectivity index (χ1) is 7.24. The minimum absolute atomic E-state index is 0.806. The summed E-state index contributed by atoms with van der Waals surface area (Å²) in [7, 11) is 2.30. The molecule has 1 atom stereocenters. The summed E-state index contributed by atoms with van der Waals surface area (Å²) in [6, 6.07) is 0.860. The summed E-state index contributed by atoms with van der Waals surface area (Å²) in [5.41, 5.74) is 5.54. The van der Waals surface area contributed by atoms with Crippen LogP contribution in [0.3, 0.4) is 0 Å². The van der Waals surface area contributed by atoms with Crippen LogP contribution in [-0.2, 0) is 0 Å². The van der Waals surface area contributed by atoms with E-state index in [1.54, 1.807) is 0 Å². The number of nitrogens with two attached hydrogens (primary N) is 1. The predicted octanol–water partition coefficient (Wildman–Crippen LogP) is 2.63. The first-order valence-electron chi connectivity index (χ1n) is 6.64. The van der Waals surface area contributed by atoms with Crippen LogP contribution in [0.4, 0.5) is 0 Å². The van der Waals surface area contributed by atoms with Crippen LogP contribution < -0.4 is 5.73 Å². The molecule has 1 fully saturated rings. The smallest absolute Gasteiger partial charge is 0.00923 e. The van der Waals surface area contributed by atoms with E-state index in [9.17, 15) is 0 Å². The van der Waals surface area contributed by atoms with Gasteiger partial charge in [-0.2, -0.15) is 0 Å². The third-order valence-corrected chi connectivity index (χ3v) is 3.70. The Morgan fingerprint density at radius 1 is 1.27 bits per heavy atom. The van der Waals surface area contributed by atoms with E-state index in [1.165, 1.54) is 51.5 Å². The third kappa shape index (κ3) is 4.98. The Balaban J connectivity index is 2.17. The SMILES string of the molecule is CC(CCCN)CN(C)C1CCCCC1. The zero-order valence-corrected chi connectivity index (χ0v) is 10.5. The molecule has 1 rings (SSSR count). The molecule has 0 amide bonds. The highest BCUT2D eigenvalue weighted by molar-refractivity contribution is 4.74. The molecule has 1 saturated carbocycles. The zero-order chi connectivity index (χ0) is 11.1. The fourth-order valence-corrected chi connectivity index (χ4v) is 2.72.